The molecule has 2 saturated carbocycles. The van der Waals surface area contributed by atoms with Crippen LogP contribution in [-0.4, -0.2) is 27.3 Å². The quantitative estimate of drug-likeness (QED) is 0.854. The standard InChI is InChI=1S/C16H31NOS/c1-4-19(18)14-10-6-5-9-13(14)17-15-11-7-8-12-16(15,2)3/h13-15,17H,4-12H2,1-3H3/t13-,14-,15-,19+/m1/s1. The summed E-state index contributed by atoms with van der Waals surface area (Å²) in [4.78, 5) is 0. The van der Waals surface area contributed by atoms with E-state index in [0.29, 0.717) is 22.7 Å². The van der Waals surface area contributed by atoms with Crippen molar-refractivity contribution in [2.45, 2.75) is 89.5 Å². The maximum Gasteiger partial charge on any atom is 0.0501 e. The van der Waals surface area contributed by atoms with Crippen molar-refractivity contribution < 1.29 is 4.21 Å². The molecular weight excluding hydrogens is 254 g/mol. The van der Waals surface area contributed by atoms with Gasteiger partial charge in [0.2, 0.25) is 0 Å². The third-order valence-corrected chi connectivity index (χ3v) is 7.06. The van der Waals surface area contributed by atoms with E-state index in [-0.39, 0.29) is 0 Å². The number of rotatable bonds is 4. The van der Waals surface area contributed by atoms with Crippen molar-refractivity contribution in [2.24, 2.45) is 5.41 Å². The van der Waals surface area contributed by atoms with Crippen molar-refractivity contribution in [3.05, 3.63) is 0 Å². The second-order valence-electron chi connectivity index (χ2n) is 7.05. The Morgan fingerprint density at radius 3 is 2.47 bits per heavy atom. The molecule has 4 atom stereocenters. The Kier molecular flexibility index (Phi) is 5.47. The molecular formula is C16H31NOS. The molecule has 0 bridgehead atoms. The first kappa shape index (κ1) is 15.5. The SMILES string of the molecule is CC[S@](=O)[C@@H]1CCCC[C@H]1N[C@@H]1CCCCC1(C)C. The topological polar surface area (TPSA) is 29.1 Å². The smallest absolute Gasteiger partial charge is 0.0501 e. The van der Waals surface area contributed by atoms with Crippen LogP contribution >= 0.6 is 0 Å². The zero-order valence-corrected chi connectivity index (χ0v) is 13.7. The third kappa shape index (κ3) is 3.81. The first-order chi connectivity index (χ1) is 9.04. The lowest BCUT2D eigenvalue weighted by molar-refractivity contribution is 0.147. The summed E-state index contributed by atoms with van der Waals surface area (Å²) in [6.45, 7) is 6.86. The summed E-state index contributed by atoms with van der Waals surface area (Å²) in [5.41, 5.74) is 0.411. The average molecular weight is 285 g/mol. The van der Waals surface area contributed by atoms with Crippen LogP contribution in [0.2, 0.25) is 0 Å². The zero-order chi connectivity index (χ0) is 13.9. The summed E-state index contributed by atoms with van der Waals surface area (Å²) in [6, 6.07) is 1.12. The van der Waals surface area contributed by atoms with Crippen LogP contribution in [-0.2, 0) is 10.8 Å². The van der Waals surface area contributed by atoms with Crippen LogP contribution in [0.15, 0.2) is 0 Å². The molecule has 0 heterocycles. The molecule has 0 unspecified atom stereocenters. The number of hydrogen-bond acceptors (Lipinski definition) is 2. The fraction of sp³-hybridized carbons (Fsp3) is 1.00. The summed E-state index contributed by atoms with van der Waals surface area (Å²) >= 11 is 0. The van der Waals surface area contributed by atoms with Gasteiger partial charge in [-0.3, -0.25) is 4.21 Å². The second-order valence-corrected chi connectivity index (χ2v) is 9.00. The molecule has 0 amide bonds. The van der Waals surface area contributed by atoms with E-state index in [4.69, 9.17) is 0 Å². The first-order valence-electron chi connectivity index (χ1n) is 8.18. The Hall–Kier alpha value is 0.110. The summed E-state index contributed by atoms with van der Waals surface area (Å²) in [5, 5.41) is 4.32. The average Bonchev–Trinajstić information content (AvgIpc) is 2.41. The van der Waals surface area contributed by atoms with Crippen LogP contribution < -0.4 is 5.32 Å². The molecule has 19 heavy (non-hydrogen) atoms. The minimum Gasteiger partial charge on any atom is -0.310 e. The Bertz CT molecular complexity index is 316. The van der Waals surface area contributed by atoms with Gasteiger partial charge >= 0.3 is 0 Å². The first-order valence-corrected chi connectivity index (χ1v) is 9.56. The molecule has 2 nitrogen and oxygen atoms in total. The largest absolute Gasteiger partial charge is 0.310 e. The van der Waals surface area contributed by atoms with Gasteiger partial charge in [0.15, 0.2) is 0 Å². The van der Waals surface area contributed by atoms with Gasteiger partial charge < -0.3 is 5.32 Å². The minimum atomic E-state index is -0.635. The molecule has 0 aromatic heterocycles. The van der Waals surface area contributed by atoms with Crippen LogP contribution in [0.3, 0.4) is 0 Å². The van der Waals surface area contributed by atoms with Gasteiger partial charge in [0.05, 0.1) is 5.25 Å². The maximum atomic E-state index is 12.3. The van der Waals surface area contributed by atoms with E-state index >= 15 is 0 Å². The van der Waals surface area contributed by atoms with Crippen LogP contribution in [0, 0.1) is 5.41 Å². The third-order valence-electron chi connectivity index (χ3n) is 5.25. The van der Waals surface area contributed by atoms with Gasteiger partial charge in [-0.25, -0.2) is 0 Å². The van der Waals surface area contributed by atoms with Crippen LogP contribution in [0.1, 0.15) is 72.1 Å². The summed E-state index contributed by atoms with van der Waals surface area (Å²) in [7, 11) is -0.635. The van der Waals surface area contributed by atoms with Gasteiger partial charge in [0.1, 0.15) is 0 Å². The molecule has 2 aliphatic carbocycles. The fourth-order valence-electron chi connectivity index (χ4n) is 3.88. The van der Waals surface area contributed by atoms with Gasteiger partial charge in [-0.1, -0.05) is 46.5 Å². The molecule has 2 aliphatic rings. The highest BCUT2D eigenvalue weighted by molar-refractivity contribution is 7.85. The van der Waals surface area contributed by atoms with Crippen LogP contribution in [0.25, 0.3) is 0 Å². The normalized spacial score (nSPS) is 36.9. The van der Waals surface area contributed by atoms with Gasteiger partial charge in [-0.15, -0.1) is 0 Å². The second kappa shape index (κ2) is 6.71. The van der Waals surface area contributed by atoms with E-state index in [1.54, 1.807) is 0 Å². The summed E-state index contributed by atoms with van der Waals surface area (Å²) < 4.78 is 12.3. The molecule has 2 rings (SSSR count). The molecule has 3 heteroatoms. The Balaban J connectivity index is 2.00. The number of nitrogens with one attached hydrogen (secondary N) is 1. The Morgan fingerprint density at radius 1 is 1.11 bits per heavy atom. The lowest BCUT2D eigenvalue weighted by atomic mass is 9.72. The monoisotopic (exact) mass is 285 g/mol. The molecule has 112 valence electrons. The van der Waals surface area contributed by atoms with E-state index in [2.05, 4.69) is 26.1 Å². The van der Waals surface area contributed by atoms with E-state index in [0.717, 1.165) is 12.2 Å². The molecule has 0 aromatic rings. The molecule has 0 aliphatic heterocycles. The molecule has 0 aromatic carbocycles. The van der Waals surface area contributed by atoms with E-state index in [1.165, 1.54) is 44.9 Å². The molecule has 0 spiro atoms. The van der Waals surface area contributed by atoms with Crippen LogP contribution in [0.5, 0.6) is 0 Å². The Labute approximate surface area is 121 Å². The fourth-order valence-corrected chi connectivity index (χ4v) is 5.32. The van der Waals surface area contributed by atoms with Gasteiger partial charge in [-0.05, 0) is 31.1 Å². The maximum absolute atomic E-state index is 12.3. The van der Waals surface area contributed by atoms with Crippen molar-refractivity contribution in [1.82, 2.24) is 5.32 Å². The zero-order valence-electron chi connectivity index (χ0n) is 12.9. The molecule has 2 fully saturated rings. The Morgan fingerprint density at radius 2 is 1.79 bits per heavy atom. The highest BCUT2D eigenvalue weighted by atomic mass is 32.2. The van der Waals surface area contributed by atoms with Crippen molar-refractivity contribution in [3.63, 3.8) is 0 Å². The van der Waals surface area contributed by atoms with Gasteiger partial charge in [-0.2, -0.15) is 0 Å². The van der Waals surface area contributed by atoms with Crippen molar-refractivity contribution in [3.8, 4) is 0 Å². The van der Waals surface area contributed by atoms with E-state index in [1.807, 2.05) is 0 Å². The lowest BCUT2D eigenvalue weighted by Gasteiger charge is -2.43. The van der Waals surface area contributed by atoms with E-state index in [9.17, 15) is 4.21 Å². The predicted octanol–water partition coefficient (Wildman–Crippen LogP) is 3.62. The molecule has 0 radical (unpaired) electrons. The highest BCUT2D eigenvalue weighted by Crippen LogP contribution is 2.36. The number of hydrogen-bond donors (Lipinski definition) is 1. The van der Waals surface area contributed by atoms with Crippen molar-refractivity contribution in [2.75, 3.05) is 5.75 Å². The van der Waals surface area contributed by atoms with Crippen molar-refractivity contribution in [1.29, 1.82) is 0 Å². The van der Waals surface area contributed by atoms with Gasteiger partial charge in [0.25, 0.3) is 0 Å². The highest BCUT2D eigenvalue weighted by Gasteiger charge is 2.37. The molecule has 0 saturated heterocycles. The summed E-state index contributed by atoms with van der Waals surface area (Å²) in [5.74, 6) is 0.816. The van der Waals surface area contributed by atoms with Crippen LogP contribution in [0.4, 0.5) is 0 Å². The van der Waals surface area contributed by atoms with E-state index < -0.39 is 10.8 Å². The predicted molar refractivity (Wildman–Crippen MR) is 83.9 cm³/mol. The minimum absolute atomic E-state index is 0.400. The molecule has 1 N–H and O–H groups in total. The van der Waals surface area contributed by atoms with Gasteiger partial charge in [0, 0.05) is 28.6 Å². The summed E-state index contributed by atoms with van der Waals surface area (Å²) in [6.07, 6.45) is 10.3. The lowest BCUT2D eigenvalue weighted by Crippen LogP contribution is -2.54. The van der Waals surface area contributed by atoms with Crippen molar-refractivity contribution >= 4 is 10.8 Å².